The summed E-state index contributed by atoms with van der Waals surface area (Å²) in [5.74, 6) is -0.349. The van der Waals surface area contributed by atoms with Crippen LogP contribution in [0.4, 0.5) is 4.79 Å². The Kier molecular flexibility index (Phi) is 9.37. The maximum absolute atomic E-state index is 11.4. The molecule has 0 fully saturated rings. The second-order valence-electron chi connectivity index (χ2n) is 3.71. The molecule has 0 aliphatic rings. The van der Waals surface area contributed by atoms with Gasteiger partial charge in [0, 0.05) is 20.2 Å². The van der Waals surface area contributed by atoms with Gasteiger partial charge in [-0.25, -0.2) is 4.79 Å². The molecule has 100 valence electrons. The summed E-state index contributed by atoms with van der Waals surface area (Å²) in [6.07, 6.45) is 2.16. The maximum Gasteiger partial charge on any atom is 0.321 e. The molecule has 0 aromatic heterocycles. The lowest BCUT2D eigenvalue weighted by atomic mass is 10.3. The summed E-state index contributed by atoms with van der Waals surface area (Å²) in [5.41, 5.74) is 0. The summed E-state index contributed by atoms with van der Waals surface area (Å²) in [6.45, 7) is 5.71. The minimum atomic E-state index is -0.497. The van der Waals surface area contributed by atoms with Crippen LogP contribution in [-0.2, 0) is 9.53 Å². The summed E-state index contributed by atoms with van der Waals surface area (Å²) in [4.78, 5) is 22.3. The molecule has 3 N–H and O–H groups in total. The number of hydrogen-bond donors (Lipinski definition) is 3. The number of nitrogens with one attached hydrogen (secondary N) is 3. The zero-order chi connectivity index (χ0) is 13.1. The van der Waals surface area contributed by atoms with Crippen molar-refractivity contribution in [1.29, 1.82) is 0 Å². The number of carbonyl (C=O) groups is 2. The molecule has 0 aromatic rings. The highest BCUT2D eigenvalue weighted by Gasteiger charge is 2.13. The molecule has 0 spiro atoms. The average Bonchev–Trinajstić information content (AvgIpc) is 2.32. The van der Waals surface area contributed by atoms with Crippen molar-refractivity contribution >= 4 is 11.9 Å². The number of rotatable bonds is 8. The van der Waals surface area contributed by atoms with Crippen LogP contribution in [0.5, 0.6) is 0 Å². The van der Waals surface area contributed by atoms with E-state index in [4.69, 9.17) is 4.74 Å². The Hall–Kier alpha value is -1.14. The Balaban J connectivity index is 3.54. The molecular weight excluding hydrogens is 222 g/mol. The highest BCUT2D eigenvalue weighted by molar-refractivity contribution is 5.96. The summed E-state index contributed by atoms with van der Waals surface area (Å²) >= 11 is 0. The van der Waals surface area contributed by atoms with Gasteiger partial charge in [-0.1, -0.05) is 13.3 Å². The van der Waals surface area contributed by atoms with Crippen molar-refractivity contribution in [2.24, 2.45) is 0 Å². The monoisotopic (exact) mass is 245 g/mol. The highest BCUT2D eigenvalue weighted by Crippen LogP contribution is 1.87. The van der Waals surface area contributed by atoms with E-state index in [1.165, 1.54) is 7.05 Å². The Labute approximate surface area is 102 Å². The first-order chi connectivity index (χ1) is 8.11. The van der Waals surface area contributed by atoms with Crippen molar-refractivity contribution < 1.29 is 14.3 Å². The fourth-order valence-electron chi connectivity index (χ4n) is 1.07. The smallest absolute Gasteiger partial charge is 0.321 e. The van der Waals surface area contributed by atoms with E-state index < -0.39 is 12.1 Å². The summed E-state index contributed by atoms with van der Waals surface area (Å²) in [5, 5.41) is 7.49. The number of amides is 3. The lowest BCUT2D eigenvalue weighted by Crippen LogP contribution is -2.47. The van der Waals surface area contributed by atoms with Gasteiger partial charge in [-0.15, -0.1) is 0 Å². The SMILES string of the molecule is CCCCOCCNC(C)C(=O)NC(=O)NC. The maximum atomic E-state index is 11.4. The van der Waals surface area contributed by atoms with Gasteiger partial charge in [0.2, 0.25) is 5.91 Å². The molecule has 1 atom stereocenters. The average molecular weight is 245 g/mol. The van der Waals surface area contributed by atoms with Crippen LogP contribution in [0.3, 0.4) is 0 Å². The van der Waals surface area contributed by atoms with Crippen LogP contribution in [0.25, 0.3) is 0 Å². The van der Waals surface area contributed by atoms with Gasteiger partial charge in [-0.2, -0.15) is 0 Å². The summed E-state index contributed by atoms with van der Waals surface area (Å²) in [7, 11) is 1.46. The third-order valence-corrected chi connectivity index (χ3v) is 2.20. The van der Waals surface area contributed by atoms with E-state index in [1.807, 2.05) is 0 Å². The van der Waals surface area contributed by atoms with E-state index in [2.05, 4.69) is 22.9 Å². The van der Waals surface area contributed by atoms with Crippen LogP contribution in [0.2, 0.25) is 0 Å². The van der Waals surface area contributed by atoms with E-state index in [1.54, 1.807) is 6.92 Å². The second-order valence-corrected chi connectivity index (χ2v) is 3.71. The lowest BCUT2D eigenvalue weighted by molar-refractivity contribution is -0.121. The zero-order valence-corrected chi connectivity index (χ0v) is 10.8. The van der Waals surface area contributed by atoms with Crippen molar-refractivity contribution in [1.82, 2.24) is 16.0 Å². The molecule has 1 unspecified atom stereocenters. The molecule has 0 bridgehead atoms. The molecule has 0 heterocycles. The fourth-order valence-corrected chi connectivity index (χ4v) is 1.07. The molecule has 0 radical (unpaired) electrons. The van der Waals surface area contributed by atoms with Crippen LogP contribution >= 0.6 is 0 Å². The molecule has 6 heteroatoms. The van der Waals surface area contributed by atoms with Crippen molar-refractivity contribution in [3.05, 3.63) is 0 Å². The number of carbonyl (C=O) groups excluding carboxylic acids is 2. The van der Waals surface area contributed by atoms with Crippen LogP contribution in [-0.4, -0.2) is 44.8 Å². The predicted octanol–water partition coefficient (Wildman–Crippen LogP) is 0.237. The Morgan fingerprint density at radius 1 is 1.29 bits per heavy atom. The molecule has 0 aromatic carbocycles. The lowest BCUT2D eigenvalue weighted by Gasteiger charge is -2.13. The third-order valence-electron chi connectivity index (χ3n) is 2.20. The van der Waals surface area contributed by atoms with Crippen LogP contribution in [0, 0.1) is 0 Å². The molecule has 6 nitrogen and oxygen atoms in total. The Bertz CT molecular complexity index is 234. The van der Waals surface area contributed by atoms with Gasteiger partial charge in [0.15, 0.2) is 0 Å². The van der Waals surface area contributed by atoms with Crippen molar-refractivity contribution in [2.75, 3.05) is 26.8 Å². The predicted molar refractivity (Wildman–Crippen MR) is 65.8 cm³/mol. The molecule has 3 amide bonds. The van der Waals surface area contributed by atoms with Crippen LogP contribution in [0.1, 0.15) is 26.7 Å². The number of urea groups is 1. The standard InChI is InChI=1S/C11H23N3O3/c1-4-5-7-17-8-6-13-9(2)10(15)14-11(16)12-3/h9,13H,4-8H2,1-3H3,(H2,12,14,15,16). The normalized spacial score (nSPS) is 11.9. The van der Waals surface area contributed by atoms with Crippen LogP contribution in [0.15, 0.2) is 0 Å². The first-order valence-corrected chi connectivity index (χ1v) is 5.95. The van der Waals surface area contributed by atoms with Crippen LogP contribution < -0.4 is 16.0 Å². The highest BCUT2D eigenvalue weighted by atomic mass is 16.5. The quantitative estimate of drug-likeness (QED) is 0.535. The Morgan fingerprint density at radius 2 is 2.00 bits per heavy atom. The number of ether oxygens (including phenoxy) is 1. The molecule has 17 heavy (non-hydrogen) atoms. The number of imide groups is 1. The van der Waals surface area contributed by atoms with Gasteiger partial charge >= 0.3 is 6.03 Å². The minimum absolute atomic E-state index is 0.349. The molecule has 0 aliphatic carbocycles. The molecule has 0 saturated heterocycles. The van der Waals surface area contributed by atoms with Gasteiger partial charge < -0.3 is 15.4 Å². The first kappa shape index (κ1) is 15.9. The van der Waals surface area contributed by atoms with Gasteiger partial charge in [0.05, 0.1) is 12.6 Å². The molecule has 0 rings (SSSR count). The Morgan fingerprint density at radius 3 is 2.59 bits per heavy atom. The fraction of sp³-hybridized carbons (Fsp3) is 0.818. The molecule has 0 saturated carbocycles. The van der Waals surface area contributed by atoms with E-state index in [0.29, 0.717) is 13.2 Å². The van der Waals surface area contributed by atoms with E-state index in [-0.39, 0.29) is 5.91 Å². The second kappa shape index (κ2) is 10.0. The van der Waals surface area contributed by atoms with Crippen molar-refractivity contribution in [3.63, 3.8) is 0 Å². The molecular formula is C11H23N3O3. The minimum Gasteiger partial charge on any atom is -0.380 e. The number of unbranched alkanes of at least 4 members (excludes halogenated alkanes) is 1. The van der Waals surface area contributed by atoms with Gasteiger partial charge in [-0.3, -0.25) is 10.1 Å². The largest absolute Gasteiger partial charge is 0.380 e. The van der Waals surface area contributed by atoms with Gasteiger partial charge in [0.25, 0.3) is 0 Å². The van der Waals surface area contributed by atoms with Gasteiger partial charge in [0.1, 0.15) is 0 Å². The zero-order valence-electron chi connectivity index (χ0n) is 10.8. The first-order valence-electron chi connectivity index (χ1n) is 5.95. The molecule has 0 aliphatic heterocycles. The number of hydrogen-bond acceptors (Lipinski definition) is 4. The van der Waals surface area contributed by atoms with E-state index >= 15 is 0 Å². The summed E-state index contributed by atoms with van der Waals surface area (Å²) in [6, 6.07) is -0.912. The third kappa shape index (κ3) is 8.65. The van der Waals surface area contributed by atoms with Gasteiger partial charge in [-0.05, 0) is 13.3 Å². The van der Waals surface area contributed by atoms with Crippen molar-refractivity contribution in [3.8, 4) is 0 Å². The summed E-state index contributed by atoms with van der Waals surface area (Å²) < 4.78 is 5.33. The van der Waals surface area contributed by atoms with Crippen molar-refractivity contribution in [2.45, 2.75) is 32.7 Å². The topological polar surface area (TPSA) is 79.5 Å². The van der Waals surface area contributed by atoms with E-state index in [9.17, 15) is 9.59 Å². The van der Waals surface area contributed by atoms with E-state index in [0.717, 1.165) is 19.4 Å².